The first-order valence-electron chi connectivity index (χ1n) is 11.3. The molecule has 0 amide bonds. The lowest BCUT2D eigenvalue weighted by Gasteiger charge is -2.12. The van der Waals surface area contributed by atoms with Gasteiger partial charge >= 0.3 is 6.01 Å². The molecule has 0 spiro atoms. The van der Waals surface area contributed by atoms with Crippen LogP contribution in [0.5, 0.6) is 17.5 Å². The van der Waals surface area contributed by atoms with Gasteiger partial charge in [0.2, 0.25) is 46.7 Å². The Bertz CT molecular complexity index is 1180. The predicted octanol–water partition coefficient (Wildman–Crippen LogP) is 3.38. The number of nitrogens with two attached hydrogens (primary N) is 1. The summed E-state index contributed by atoms with van der Waals surface area (Å²) in [6, 6.07) is 6.28. The van der Waals surface area contributed by atoms with Gasteiger partial charge in [-0.25, -0.2) is 13.2 Å². The molecule has 2 aromatic carbocycles. The van der Waals surface area contributed by atoms with E-state index in [1.165, 1.54) is 7.11 Å². The van der Waals surface area contributed by atoms with Crippen LogP contribution >= 0.6 is 0 Å². The number of benzene rings is 2. The normalized spacial score (nSPS) is 10.9. The quantitative estimate of drug-likeness (QED) is 0.113. The molecule has 206 valence electrons. The Hall–Kier alpha value is -3.82. The minimum Gasteiger partial charge on any atom is -0.497 e. The molecule has 38 heavy (non-hydrogen) atoms. The minimum atomic E-state index is -2.32. The Morgan fingerprint density at radius 3 is 1.92 bits per heavy atom. The van der Waals surface area contributed by atoms with Gasteiger partial charge in [-0.15, -0.1) is 0 Å². The number of aromatic nitrogens is 3. The number of nitrogens with zero attached hydrogens (tertiary/aromatic N) is 3. The van der Waals surface area contributed by atoms with Gasteiger partial charge in [0.1, 0.15) is 5.75 Å². The van der Waals surface area contributed by atoms with Gasteiger partial charge in [-0.2, -0.15) is 23.7 Å². The number of ether oxygens (including phenoxy) is 4. The van der Waals surface area contributed by atoms with E-state index >= 15 is 0 Å². The second-order valence-electron chi connectivity index (χ2n) is 7.41. The highest BCUT2D eigenvalue weighted by Gasteiger charge is 2.28. The molecule has 0 aliphatic rings. The summed E-state index contributed by atoms with van der Waals surface area (Å²) in [6.07, 6.45) is 0. The number of halogens is 5. The standard InChI is InChI=1S/C23H25F5N6O4/c1-35-14-4-2-13(3-5-14)12-31-22-32-21(30-7-9-37-11-10-36-8-6-29)33-23(34-22)38-20-18(27)16(25)15(24)17(26)19(20)28/h2-5H,6-12,29H2,1H3,(H2,30,31,32,33,34). The first-order valence-corrected chi connectivity index (χ1v) is 11.3. The van der Waals surface area contributed by atoms with E-state index < -0.39 is 40.8 Å². The minimum absolute atomic E-state index is 0.103. The Balaban J connectivity index is 1.75. The molecular weight excluding hydrogens is 519 g/mol. The SMILES string of the molecule is COc1ccc(CNc2nc(NCCOCCOCCN)nc(Oc3c(F)c(F)c(F)c(F)c3F)n2)cc1. The van der Waals surface area contributed by atoms with Crippen molar-refractivity contribution < 1.29 is 40.9 Å². The average Bonchev–Trinajstić information content (AvgIpc) is 2.93. The zero-order valence-corrected chi connectivity index (χ0v) is 20.2. The lowest BCUT2D eigenvalue weighted by atomic mass is 10.2. The average molecular weight is 544 g/mol. The number of methoxy groups -OCH3 is 1. The summed E-state index contributed by atoms with van der Waals surface area (Å²) >= 11 is 0. The van der Waals surface area contributed by atoms with Gasteiger partial charge in [0, 0.05) is 19.6 Å². The number of nitrogens with one attached hydrogen (secondary N) is 2. The zero-order valence-electron chi connectivity index (χ0n) is 20.2. The van der Waals surface area contributed by atoms with E-state index in [0.717, 1.165) is 5.56 Å². The summed E-state index contributed by atoms with van der Waals surface area (Å²) in [7, 11) is 1.53. The van der Waals surface area contributed by atoms with Crippen LogP contribution in [0, 0.1) is 29.1 Å². The molecule has 0 bridgehead atoms. The van der Waals surface area contributed by atoms with Gasteiger partial charge < -0.3 is 35.3 Å². The van der Waals surface area contributed by atoms with Gasteiger partial charge in [0.05, 0.1) is 33.5 Å². The molecule has 3 rings (SSSR count). The highest BCUT2D eigenvalue weighted by molar-refractivity contribution is 5.39. The molecule has 0 radical (unpaired) electrons. The summed E-state index contributed by atoms with van der Waals surface area (Å²) in [5.41, 5.74) is 6.12. The molecule has 0 aliphatic heterocycles. The van der Waals surface area contributed by atoms with Crippen molar-refractivity contribution in [2.75, 3.05) is 57.3 Å². The molecule has 1 heterocycles. The molecule has 0 fully saturated rings. The van der Waals surface area contributed by atoms with Crippen LogP contribution in [0.2, 0.25) is 0 Å². The van der Waals surface area contributed by atoms with Crippen LogP contribution in [0.25, 0.3) is 0 Å². The second kappa shape index (κ2) is 14.2. The molecule has 1 aromatic heterocycles. The third-order valence-electron chi connectivity index (χ3n) is 4.75. The molecule has 10 nitrogen and oxygen atoms in total. The smallest absolute Gasteiger partial charge is 0.328 e. The van der Waals surface area contributed by atoms with Crippen LogP contribution in [-0.2, 0) is 16.0 Å². The van der Waals surface area contributed by atoms with Gasteiger partial charge in [0.15, 0.2) is 0 Å². The Labute approximate surface area is 214 Å². The maximum Gasteiger partial charge on any atom is 0.328 e. The van der Waals surface area contributed by atoms with Crippen molar-refractivity contribution in [3.05, 3.63) is 58.9 Å². The molecular formula is C23H25F5N6O4. The third-order valence-corrected chi connectivity index (χ3v) is 4.75. The fourth-order valence-corrected chi connectivity index (χ4v) is 2.89. The fraction of sp³-hybridized carbons (Fsp3) is 0.348. The Kier molecular flexibility index (Phi) is 10.7. The largest absolute Gasteiger partial charge is 0.497 e. The molecule has 0 unspecified atom stereocenters. The van der Waals surface area contributed by atoms with Crippen LogP contribution in [0.1, 0.15) is 5.56 Å². The van der Waals surface area contributed by atoms with E-state index in [1.807, 2.05) is 0 Å². The lowest BCUT2D eigenvalue weighted by molar-refractivity contribution is 0.0547. The fourth-order valence-electron chi connectivity index (χ4n) is 2.89. The topological polar surface area (TPSA) is 126 Å². The van der Waals surface area contributed by atoms with E-state index in [1.54, 1.807) is 24.3 Å². The molecule has 3 aromatic rings. The molecule has 15 heteroatoms. The van der Waals surface area contributed by atoms with E-state index in [4.69, 9.17) is 24.7 Å². The van der Waals surface area contributed by atoms with Gasteiger partial charge in [-0.1, -0.05) is 12.1 Å². The van der Waals surface area contributed by atoms with E-state index in [9.17, 15) is 22.0 Å². The first-order chi connectivity index (χ1) is 18.3. The summed E-state index contributed by atoms with van der Waals surface area (Å²) in [5, 5.41) is 5.69. The van der Waals surface area contributed by atoms with Crippen LogP contribution < -0.4 is 25.8 Å². The summed E-state index contributed by atoms with van der Waals surface area (Å²) in [5.74, 6) is -12.1. The number of hydrogen-bond donors (Lipinski definition) is 3. The Morgan fingerprint density at radius 1 is 0.737 bits per heavy atom. The zero-order chi connectivity index (χ0) is 27.5. The highest BCUT2D eigenvalue weighted by Crippen LogP contribution is 2.32. The van der Waals surface area contributed by atoms with Crippen LogP contribution in [0.4, 0.5) is 33.8 Å². The molecule has 4 N–H and O–H groups in total. The van der Waals surface area contributed by atoms with Crippen molar-refractivity contribution in [2.45, 2.75) is 6.54 Å². The molecule has 0 aliphatic carbocycles. The third kappa shape index (κ3) is 7.84. The van der Waals surface area contributed by atoms with Gasteiger partial charge in [0.25, 0.3) is 0 Å². The second-order valence-corrected chi connectivity index (χ2v) is 7.41. The maximum absolute atomic E-state index is 14.1. The first kappa shape index (κ1) is 28.7. The predicted molar refractivity (Wildman–Crippen MR) is 126 cm³/mol. The summed E-state index contributed by atoms with van der Waals surface area (Å²) in [6.45, 7) is 2.07. The Morgan fingerprint density at radius 2 is 1.32 bits per heavy atom. The lowest BCUT2D eigenvalue weighted by Crippen LogP contribution is -2.16. The molecule has 0 atom stereocenters. The van der Waals surface area contributed by atoms with Crippen molar-refractivity contribution >= 4 is 11.9 Å². The number of rotatable bonds is 15. The molecule has 0 saturated heterocycles. The highest BCUT2D eigenvalue weighted by atomic mass is 19.2. The van der Waals surface area contributed by atoms with Crippen molar-refractivity contribution in [3.8, 4) is 17.5 Å². The number of anilines is 2. The van der Waals surface area contributed by atoms with E-state index in [-0.39, 0.29) is 31.6 Å². The van der Waals surface area contributed by atoms with Crippen molar-refractivity contribution in [2.24, 2.45) is 5.73 Å². The monoisotopic (exact) mass is 544 g/mol. The van der Waals surface area contributed by atoms with Gasteiger partial charge in [-0.05, 0) is 17.7 Å². The van der Waals surface area contributed by atoms with E-state index in [2.05, 4.69) is 25.6 Å². The maximum atomic E-state index is 14.1. The van der Waals surface area contributed by atoms with Crippen molar-refractivity contribution in [1.82, 2.24) is 15.0 Å². The number of hydrogen-bond acceptors (Lipinski definition) is 10. The van der Waals surface area contributed by atoms with Crippen molar-refractivity contribution in [3.63, 3.8) is 0 Å². The summed E-state index contributed by atoms with van der Waals surface area (Å²) in [4.78, 5) is 11.9. The van der Waals surface area contributed by atoms with Crippen LogP contribution in [0.15, 0.2) is 24.3 Å². The molecule has 0 saturated carbocycles. The van der Waals surface area contributed by atoms with E-state index in [0.29, 0.717) is 32.1 Å². The van der Waals surface area contributed by atoms with Crippen LogP contribution in [0.3, 0.4) is 0 Å². The van der Waals surface area contributed by atoms with Gasteiger partial charge in [-0.3, -0.25) is 0 Å². The van der Waals surface area contributed by atoms with Crippen LogP contribution in [-0.4, -0.2) is 61.6 Å². The summed E-state index contributed by atoms with van der Waals surface area (Å²) < 4.78 is 89.4. The van der Waals surface area contributed by atoms with Crippen molar-refractivity contribution in [1.29, 1.82) is 0 Å².